The fourth-order valence-electron chi connectivity index (χ4n) is 2.67. The van der Waals surface area contributed by atoms with Crippen molar-refractivity contribution in [3.05, 3.63) is 54.1 Å². The number of carbonyl (C=O) groups is 2. The fourth-order valence-corrected chi connectivity index (χ4v) is 2.67. The van der Waals surface area contributed by atoms with E-state index in [1.807, 2.05) is 24.3 Å². The average Bonchev–Trinajstić information content (AvgIpc) is 2.68. The van der Waals surface area contributed by atoms with Gasteiger partial charge in [0.2, 0.25) is 17.8 Å². The van der Waals surface area contributed by atoms with Crippen LogP contribution < -0.4 is 20.7 Å². The predicted octanol–water partition coefficient (Wildman–Crippen LogP) is 2.55. The lowest BCUT2D eigenvalue weighted by molar-refractivity contribution is -0.124. The molecule has 7 heteroatoms. The molecular formula is C20H22N4O3. The molecule has 0 saturated carbocycles. The molecule has 0 radical (unpaired) electrons. The molecule has 1 heterocycles. The zero-order chi connectivity index (χ0) is 19.2. The van der Waals surface area contributed by atoms with Gasteiger partial charge in [-0.25, -0.2) is 4.99 Å². The Bertz CT molecular complexity index is 845. The number of nitrogens with one attached hydrogen (secondary N) is 3. The minimum absolute atomic E-state index is 0.00193. The number of aryl methyl sites for hydroxylation is 1. The van der Waals surface area contributed by atoms with Crippen molar-refractivity contribution in [3.8, 4) is 5.75 Å². The Morgan fingerprint density at radius 2 is 1.81 bits per heavy atom. The third-order valence-electron chi connectivity index (χ3n) is 4.21. The zero-order valence-electron chi connectivity index (χ0n) is 15.3. The molecule has 7 nitrogen and oxygen atoms in total. The molecule has 2 aromatic rings. The summed E-state index contributed by atoms with van der Waals surface area (Å²) in [5.74, 6) is 0.372. The first-order chi connectivity index (χ1) is 13.1. The third-order valence-corrected chi connectivity index (χ3v) is 4.21. The smallest absolute Gasteiger partial charge is 0.249 e. The van der Waals surface area contributed by atoms with Gasteiger partial charge in [0.1, 0.15) is 11.8 Å². The number of guanidine groups is 1. The Balaban J connectivity index is 1.68. The van der Waals surface area contributed by atoms with Crippen molar-refractivity contribution in [2.75, 3.05) is 17.7 Å². The Hall–Kier alpha value is -3.35. The predicted molar refractivity (Wildman–Crippen MR) is 105 cm³/mol. The summed E-state index contributed by atoms with van der Waals surface area (Å²) in [6, 6.07) is 14.0. The maximum Gasteiger partial charge on any atom is 0.249 e. The molecule has 3 rings (SSSR count). The second-order valence-electron chi connectivity index (χ2n) is 6.14. The number of ether oxygens (including phenoxy) is 1. The zero-order valence-corrected chi connectivity index (χ0v) is 15.3. The summed E-state index contributed by atoms with van der Waals surface area (Å²) in [4.78, 5) is 28.8. The van der Waals surface area contributed by atoms with Crippen molar-refractivity contribution in [3.63, 3.8) is 0 Å². The lowest BCUT2D eigenvalue weighted by Gasteiger charge is -2.21. The summed E-state index contributed by atoms with van der Waals surface area (Å²) in [6.07, 6.45) is 0.952. The first kappa shape index (κ1) is 18.4. The molecular weight excluding hydrogens is 344 g/mol. The summed E-state index contributed by atoms with van der Waals surface area (Å²) >= 11 is 0. The van der Waals surface area contributed by atoms with E-state index in [1.165, 1.54) is 5.56 Å². The van der Waals surface area contributed by atoms with E-state index in [2.05, 4.69) is 27.9 Å². The van der Waals surface area contributed by atoms with Crippen LogP contribution >= 0.6 is 0 Å². The number of anilines is 2. The number of benzene rings is 2. The molecule has 0 spiro atoms. The van der Waals surface area contributed by atoms with Crippen LogP contribution in [0, 0.1) is 0 Å². The molecule has 1 aliphatic rings. The number of methoxy groups -OCH3 is 1. The van der Waals surface area contributed by atoms with E-state index in [0.717, 1.165) is 12.1 Å². The second kappa shape index (κ2) is 8.35. The second-order valence-corrected chi connectivity index (χ2v) is 6.14. The molecule has 0 bridgehead atoms. The first-order valence-corrected chi connectivity index (χ1v) is 8.76. The van der Waals surface area contributed by atoms with Crippen molar-refractivity contribution < 1.29 is 14.3 Å². The van der Waals surface area contributed by atoms with Crippen LogP contribution in [0.3, 0.4) is 0 Å². The van der Waals surface area contributed by atoms with E-state index in [0.29, 0.717) is 11.4 Å². The van der Waals surface area contributed by atoms with Gasteiger partial charge in [-0.3, -0.25) is 14.9 Å². The first-order valence-electron chi connectivity index (χ1n) is 8.76. The van der Waals surface area contributed by atoms with E-state index in [4.69, 9.17) is 4.74 Å². The van der Waals surface area contributed by atoms with E-state index < -0.39 is 6.04 Å². The standard InChI is InChI=1S/C20H22N4O3/c1-3-13-4-6-15(7-5-13)22-20-23-17(12-18(25)24-20)19(26)21-14-8-10-16(27-2)11-9-14/h4-11,17H,3,12H2,1-2H3,(H,21,26)(H2,22,23,24,25)/t17-/m1/s1. The van der Waals surface area contributed by atoms with Crippen molar-refractivity contribution in [2.24, 2.45) is 4.99 Å². The monoisotopic (exact) mass is 366 g/mol. The van der Waals surface area contributed by atoms with Crippen LogP contribution in [0.25, 0.3) is 0 Å². The normalized spacial score (nSPS) is 16.1. The highest BCUT2D eigenvalue weighted by Crippen LogP contribution is 2.17. The van der Waals surface area contributed by atoms with E-state index >= 15 is 0 Å². The van der Waals surface area contributed by atoms with Gasteiger partial charge in [-0.2, -0.15) is 0 Å². The molecule has 0 saturated heterocycles. The van der Waals surface area contributed by atoms with Crippen LogP contribution in [0.1, 0.15) is 18.9 Å². The third kappa shape index (κ3) is 4.84. The van der Waals surface area contributed by atoms with E-state index in [9.17, 15) is 9.59 Å². The van der Waals surface area contributed by atoms with Crippen molar-refractivity contribution >= 4 is 29.1 Å². The molecule has 140 valence electrons. The Morgan fingerprint density at radius 3 is 2.44 bits per heavy atom. The average molecular weight is 366 g/mol. The van der Waals surface area contributed by atoms with E-state index in [-0.39, 0.29) is 24.2 Å². The highest BCUT2D eigenvalue weighted by molar-refractivity contribution is 6.10. The lowest BCUT2D eigenvalue weighted by atomic mass is 10.1. The SMILES string of the molecule is CCc1ccc(NC2=N[C@@H](C(=O)Nc3ccc(OC)cc3)CC(=O)N2)cc1. The molecule has 0 fully saturated rings. The number of carbonyl (C=O) groups excluding carboxylic acids is 2. The molecule has 0 aliphatic carbocycles. The Morgan fingerprint density at radius 1 is 1.15 bits per heavy atom. The molecule has 1 atom stereocenters. The van der Waals surface area contributed by atoms with Gasteiger partial charge < -0.3 is 15.4 Å². The van der Waals surface area contributed by atoms with Crippen LogP contribution in [0.15, 0.2) is 53.5 Å². The van der Waals surface area contributed by atoms with Gasteiger partial charge in [0.25, 0.3) is 0 Å². The van der Waals surface area contributed by atoms with Gasteiger partial charge in [-0.1, -0.05) is 19.1 Å². The number of hydrogen-bond acceptors (Lipinski definition) is 5. The van der Waals surface area contributed by atoms with Crippen LogP contribution in [0.2, 0.25) is 0 Å². The number of nitrogens with zero attached hydrogens (tertiary/aromatic N) is 1. The quantitative estimate of drug-likeness (QED) is 0.758. The maximum atomic E-state index is 12.5. The number of amides is 2. The molecule has 27 heavy (non-hydrogen) atoms. The van der Waals surface area contributed by atoms with Crippen molar-refractivity contribution in [1.29, 1.82) is 0 Å². The minimum atomic E-state index is -0.793. The number of rotatable bonds is 5. The Labute approximate surface area is 157 Å². The number of aliphatic imine (C=N–C) groups is 1. The van der Waals surface area contributed by atoms with Crippen molar-refractivity contribution in [2.45, 2.75) is 25.8 Å². The van der Waals surface area contributed by atoms with E-state index in [1.54, 1.807) is 31.4 Å². The van der Waals surface area contributed by atoms with Crippen LogP contribution in [0.5, 0.6) is 5.75 Å². The highest BCUT2D eigenvalue weighted by Gasteiger charge is 2.27. The highest BCUT2D eigenvalue weighted by atomic mass is 16.5. The van der Waals surface area contributed by atoms with Gasteiger partial charge in [0, 0.05) is 11.4 Å². The summed E-state index contributed by atoms with van der Waals surface area (Å²) in [5.41, 5.74) is 2.63. The Kier molecular flexibility index (Phi) is 5.71. The summed E-state index contributed by atoms with van der Waals surface area (Å²) in [5, 5.41) is 8.48. The van der Waals surface area contributed by atoms with Gasteiger partial charge in [-0.05, 0) is 48.4 Å². The maximum absolute atomic E-state index is 12.5. The minimum Gasteiger partial charge on any atom is -0.497 e. The topological polar surface area (TPSA) is 91.8 Å². The van der Waals surface area contributed by atoms with Crippen LogP contribution in [0.4, 0.5) is 11.4 Å². The molecule has 2 aromatic carbocycles. The lowest BCUT2D eigenvalue weighted by Crippen LogP contribution is -2.45. The molecule has 0 unspecified atom stereocenters. The van der Waals surface area contributed by atoms with Gasteiger partial charge in [0.05, 0.1) is 13.5 Å². The number of hydrogen-bond donors (Lipinski definition) is 3. The van der Waals surface area contributed by atoms with Gasteiger partial charge in [0.15, 0.2) is 0 Å². The van der Waals surface area contributed by atoms with Crippen LogP contribution in [-0.4, -0.2) is 30.9 Å². The van der Waals surface area contributed by atoms with Gasteiger partial charge in [-0.15, -0.1) is 0 Å². The summed E-state index contributed by atoms with van der Waals surface area (Å²) in [7, 11) is 1.58. The largest absolute Gasteiger partial charge is 0.497 e. The molecule has 3 N–H and O–H groups in total. The fraction of sp³-hybridized carbons (Fsp3) is 0.250. The van der Waals surface area contributed by atoms with Gasteiger partial charge >= 0.3 is 0 Å². The van der Waals surface area contributed by atoms with Crippen LogP contribution in [-0.2, 0) is 16.0 Å². The summed E-state index contributed by atoms with van der Waals surface area (Å²) in [6.45, 7) is 2.08. The molecule has 1 aliphatic heterocycles. The molecule has 0 aromatic heterocycles. The molecule has 2 amide bonds. The summed E-state index contributed by atoms with van der Waals surface area (Å²) < 4.78 is 5.09. The van der Waals surface area contributed by atoms with Crippen molar-refractivity contribution in [1.82, 2.24) is 5.32 Å².